The SMILES string of the molecule is CCNC(=O)NC1C2CC3CC(C2)CC1C3. The van der Waals surface area contributed by atoms with Crippen molar-refractivity contribution in [2.24, 2.45) is 23.7 Å². The number of rotatable bonds is 2. The van der Waals surface area contributed by atoms with Gasteiger partial charge in [-0.25, -0.2) is 4.79 Å². The first-order valence-electron chi connectivity index (χ1n) is 6.80. The molecule has 0 aliphatic heterocycles. The first-order valence-corrected chi connectivity index (χ1v) is 6.80. The summed E-state index contributed by atoms with van der Waals surface area (Å²) in [6, 6.07) is 0.513. The van der Waals surface area contributed by atoms with E-state index in [1.165, 1.54) is 32.1 Å². The van der Waals surface area contributed by atoms with Crippen molar-refractivity contribution in [1.29, 1.82) is 0 Å². The van der Waals surface area contributed by atoms with Crippen molar-refractivity contribution in [2.75, 3.05) is 6.54 Å². The van der Waals surface area contributed by atoms with Crippen LogP contribution in [0.5, 0.6) is 0 Å². The molecule has 16 heavy (non-hydrogen) atoms. The Kier molecular flexibility index (Phi) is 2.56. The van der Waals surface area contributed by atoms with Crippen molar-refractivity contribution in [2.45, 2.75) is 45.1 Å². The summed E-state index contributed by atoms with van der Waals surface area (Å²) in [6.07, 6.45) is 6.93. The van der Waals surface area contributed by atoms with Gasteiger partial charge in [-0.2, -0.15) is 0 Å². The Morgan fingerprint density at radius 3 is 2.12 bits per heavy atom. The first-order chi connectivity index (χ1) is 7.76. The summed E-state index contributed by atoms with van der Waals surface area (Å²) in [7, 11) is 0. The molecule has 0 aromatic carbocycles. The smallest absolute Gasteiger partial charge is 0.315 e. The van der Waals surface area contributed by atoms with E-state index in [9.17, 15) is 4.79 Å². The molecule has 2 amide bonds. The van der Waals surface area contributed by atoms with Gasteiger partial charge in [0.2, 0.25) is 0 Å². The van der Waals surface area contributed by atoms with E-state index in [-0.39, 0.29) is 6.03 Å². The third kappa shape index (κ3) is 1.70. The Labute approximate surface area is 97.4 Å². The minimum Gasteiger partial charge on any atom is -0.338 e. The Bertz CT molecular complexity index is 262. The molecule has 4 fully saturated rings. The molecule has 0 aromatic rings. The van der Waals surface area contributed by atoms with E-state index in [0.717, 1.165) is 30.2 Å². The van der Waals surface area contributed by atoms with Crippen LogP contribution in [0, 0.1) is 23.7 Å². The zero-order chi connectivity index (χ0) is 11.1. The molecule has 4 saturated carbocycles. The lowest BCUT2D eigenvalue weighted by Gasteiger charge is -2.54. The molecule has 4 bridgehead atoms. The van der Waals surface area contributed by atoms with Crippen LogP contribution in [0.4, 0.5) is 4.79 Å². The molecule has 2 N–H and O–H groups in total. The van der Waals surface area contributed by atoms with Crippen LogP contribution in [0.25, 0.3) is 0 Å². The van der Waals surface area contributed by atoms with Crippen LogP contribution in [-0.2, 0) is 0 Å². The molecular formula is C13H22N2O. The van der Waals surface area contributed by atoms with E-state index in [0.29, 0.717) is 6.04 Å². The van der Waals surface area contributed by atoms with Crippen molar-refractivity contribution in [1.82, 2.24) is 10.6 Å². The normalized spacial score (nSPS) is 44.4. The number of carbonyl (C=O) groups is 1. The minimum absolute atomic E-state index is 0.0416. The summed E-state index contributed by atoms with van der Waals surface area (Å²) >= 11 is 0. The molecule has 90 valence electrons. The number of urea groups is 1. The number of amides is 2. The highest BCUT2D eigenvalue weighted by Gasteiger charge is 2.48. The summed E-state index contributed by atoms with van der Waals surface area (Å²) < 4.78 is 0. The van der Waals surface area contributed by atoms with Gasteiger partial charge in [-0.3, -0.25) is 0 Å². The summed E-state index contributed by atoms with van der Waals surface area (Å²) in [5, 5.41) is 6.07. The Morgan fingerprint density at radius 2 is 1.62 bits per heavy atom. The maximum Gasteiger partial charge on any atom is 0.315 e. The fourth-order valence-corrected chi connectivity index (χ4v) is 4.52. The fourth-order valence-electron chi connectivity index (χ4n) is 4.52. The summed E-state index contributed by atoms with van der Waals surface area (Å²) in [4.78, 5) is 11.6. The van der Waals surface area contributed by atoms with E-state index < -0.39 is 0 Å². The highest BCUT2D eigenvalue weighted by molar-refractivity contribution is 5.74. The molecule has 0 radical (unpaired) electrons. The summed E-state index contributed by atoms with van der Waals surface area (Å²) in [5.41, 5.74) is 0. The van der Waals surface area contributed by atoms with Crippen molar-refractivity contribution < 1.29 is 4.79 Å². The van der Waals surface area contributed by atoms with Crippen molar-refractivity contribution in [3.63, 3.8) is 0 Å². The fraction of sp³-hybridized carbons (Fsp3) is 0.923. The van der Waals surface area contributed by atoms with E-state index >= 15 is 0 Å². The standard InChI is InChI=1S/C13H22N2O/c1-2-14-13(16)15-12-10-4-8-3-9(6-10)7-11(12)5-8/h8-12H,2-7H2,1H3,(H2,14,15,16). The average molecular weight is 222 g/mol. The highest BCUT2D eigenvalue weighted by atomic mass is 16.2. The van der Waals surface area contributed by atoms with Gasteiger partial charge in [-0.15, -0.1) is 0 Å². The maximum atomic E-state index is 11.6. The number of nitrogens with one attached hydrogen (secondary N) is 2. The third-order valence-corrected chi connectivity index (χ3v) is 4.86. The van der Waals surface area contributed by atoms with Crippen LogP contribution < -0.4 is 10.6 Å². The van der Waals surface area contributed by atoms with Gasteiger partial charge >= 0.3 is 6.03 Å². The highest BCUT2D eigenvalue weighted by Crippen LogP contribution is 2.53. The van der Waals surface area contributed by atoms with Gasteiger partial charge in [0, 0.05) is 12.6 Å². The predicted molar refractivity (Wildman–Crippen MR) is 63.0 cm³/mol. The van der Waals surface area contributed by atoms with Gasteiger partial charge in [-0.1, -0.05) is 0 Å². The van der Waals surface area contributed by atoms with Gasteiger partial charge in [-0.05, 0) is 62.7 Å². The molecule has 4 rings (SSSR count). The molecule has 3 nitrogen and oxygen atoms in total. The number of hydrogen-bond acceptors (Lipinski definition) is 1. The molecule has 0 saturated heterocycles. The quantitative estimate of drug-likeness (QED) is 0.738. The van der Waals surface area contributed by atoms with Gasteiger partial charge in [0.25, 0.3) is 0 Å². The Balaban J connectivity index is 1.65. The molecule has 0 spiro atoms. The van der Waals surface area contributed by atoms with Crippen LogP contribution in [0.1, 0.15) is 39.0 Å². The zero-order valence-electron chi connectivity index (χ0n) is 10.0. The second-order valence-corrected chi connectivity index (χ2v) is 5.96. The average Bonchev–Trinajstić information content (AvgIpc) is 2.23. The number of hydrogen-bond donors (Lipinski definition) is 2. The van der Waals surface area contributed by atoms with Crippen LogP contribution >= 0.6 is 0 Å². The van der Waals surface area contributed by atoms with Gasteiger partial charge in [0.15, 0.2) is 0 Å². The minimum atomic E-state index is 0.0416. The van der Waals surface area contributed by atoms with E-state index in [4.69, 9.17) is 0 Å². The Hall–Kier alpha value is -0.730. The summed E-state index contributed by atoms with van der Waals surface area (Å²) in [5.74, 6) is 3.52. The zero-order valence-corrected chi connectivity index (χ0v) is 10.0. The molecular weight excluding hydrogens is 200 g/mol. The van der Waals surface area contributed by atoms with Crippen molar-refractivity contribution in [3.8, 4) is 0 Å². The van der Waals surface area contributed by atoms with Crippen LogP contribution in [-0.4, -0.2) is 18.6 Å². The van der Waals surface area contributed by atoms with Crippen molar-refractivity contribution >= 4 is 6.03 Å². The largest absolute Gasteiger partial charge is 0.338 e. The predicted octanol–water partition coefficient (Wildman–Crippen LogP) is 2.13. The lowest BCUT2D eigenvalue weighted by Crippen LogP contribution is -2.57. The lowest BCUT2D eigenvalue weighted by molar-refractivity contribution is -0.00939. The molecule has 0 atom stereocenters. The molecule has 4 aliphatic carbocycles. The third-order valence-electron chi connectivity index (χ3n) is 4.86. The second-order valence-electron chi connectivity index (χ2n) is 5.96. The van der Waals surface area contributed by atoms with Crippen LogP contribution in [0.2, 0.25) is 0 Å². The van der Waals surface area contributed by atoms with Crippen LogP contribution in [0.15, 0.2) is 0 Å². The van der Waals surface area contributed by atoms with E-state index in [1.54, 1.807) is 0 Å². The topological polar surface area (TPSA) is 41.1 Å². The second kappa shape index (κ2) is 3.94. The molecule has 0 heterocycles. The summed E-state index contributed by atoms with van der Waals surface area (Å²) in [6.45, 7) is 2.69. The number of carbonyl (C=O) groups excluding carboxylic acids is 1. The molecule has 4 aliphatic rings. The maximum absolute atomic E-state index is 11.6. The first kappa shape index (κ1) is 10.4. The van der Waals surface area contributed by atoms with Gasteiger partial charge < -0.3 is 10.6 Å². The van der Waals surface area contributed by atoms with Crippen molar-refractivity contribution in [3.05, 3.63) is 0 Å². The Morgan fingerprint density at radius 1 is 1.06 bits per heavy atom. The molecule has 3 heteroatoms. The monoisotopic (exact) mass is 222 g/mol. The van der Waals surface area contributed by atoms with Gasteiger partial charge in [0.1, 0.15) is 0 Å². The molecule has 0 aromatic heterocycles. The van der Waals surface area contributed by atoms with E-state index in [1.807, 2.05) is 6.92 Å². The lowest BCUT2D eigenvalue weighted by atomic mass is 9.54. The molecule has 0 unspecified atom stereocenters. The van der Waals surface area contributed by atoms with E-state index in [2.05, 4.69) is 10.6 Å². The van der Waals surface area contributed by atoms with Crippen LogP contribution in [0.3, 0.4) is 0 Å². The van der Waals surface area contributed by atoms with Gasteiger partial charge in [0.05, 0.1) is 0 Å².